The van der Waals surface area contributed by atoms with Crippen molar-refractivity contribution in [1.29, 1.82) is 0 Å². The number of unbranched alkanes of at least 4 members (excludes halogenated alkanes) is 1. The Kier molecular flexibility index (Phi) is 5.91. The van der Waals surface area contributed by atoms with E-state index in [4.69, 9.17) is 17.3 Å². The maximum Gasteiger partial charge on any atom is 0.151 e. The van der Waals surface area contributed by atoms with Crippen molar-refractivity contribution in [2.75, 3.05) is 23.9 Å². The lowest BCUT2D eigenvalue weighted by Crippen LogP contribution is -2.13. The van der Waals surface area contributed by atoms with Crippen LogP contribution in [0.3, 0.4) is 0 Å². The van der Waals surface area contributed by atoms with Crippen molar-refractivity contribution in [1.82, 2.24) is 0 Å². The Morgan fingerprint density at radius 3 is 2.27 bits per heavy atom. The Morgan fingerprint density at radius 2 is 1.82 bits per heavy atom. The number of sulfone groups is 1. The zero-order chi connectivity index (χ0) is 8.74. The monoisotopic (exact) mass is 199 g/mol. The molecule has 0 saturated carbocycles. The molecule has 0 aliphatic rings. The van der Waals surface area contributed by atoms with Crippen LogP contribution in [-0.4, -0.2) is 32.3 Å². The van der Waals surface area contributed by atoms with E-state index in [1.165, 1.54) is 0 Å². The molecule has 3 nitrogen and oxygen atoms in total. The summed E-state index contributed by atoms with van der Waals surface area (Å²) in [5, 5.41) is 0. The summed E-state index contributed by atoms with van der Waals surface area (Å²) in [5.74, 6) is 0.487. The molecule has 5 heteroatoms. The standard InChI is InChI=1S/C6H14ClNO2S/c7-3-6-11(9,10)5-2-1-4-8/h1-6,8H2. The van der Waals surface area contributed by atoms with Gasteiger partial charge in [0.2, 0.25) is 0 Å². The molecule has 0 amide bonds. The zero-order valence-electron chi connectivity index (χ0n) is 6.42. The quantitative estimate of drug-likeness (QED) is 0.497. The normalized spacial score (nSPS) is 11.8. The van der Waals surface area contributed by atoms with Gasteiger partial charge in [0.05, 0.1) is 11.5 Å². The van der Waals surface area contributed by atoms with E-state index in [-0.39, 0.29) is 17.4 Å². The molecule has 0 aromatic heterocycles. The van der Waals surface area contributed by atoms with Crippen LogP contribution in [0.1, 0.15) is 12.8 Å². The van der Waals surface area contributed by atoms with Gasteiger partial charge in [0.15, 0.2) is 9.84 Å². The van der Waals surface area contributed by atoms with Crippen LogP contribution in [0.25, 0.3) is 0 Å². The van der Waals surface area contributed by atoms with Gasteiger partial charge in [0.1, 0.15) is 0 Å². The van der Waals surface area contributed by atoms with Crippen molar-refractivity contribution < 1.29 is 8.42 Å². The third kappa shape index (κ3) is 6.59. The summed E-state index contributed by atoms with van der Waals surface area (Å²) in [7, 11) is -2.89. The van der Waals surface area contributed by atoms with Crippen LogP contribution in [0.4, 0.5) is 0 Å². The van der Waals surface area contributed by atoms with Gasteiger partial charge >= 0.3 is 0 Å². The predicted molar refractivity (Wildman–Crippen MR) is 47.7 cm³/mol. The number of nitrogens with two attached hydrogens (primary N) is 1. The molecule has 2 N–H and O–H groups in total. The lowest BCUT2D eigenvalue weighted by atomic mass is 10.3. The van der Waals surface area contributed by atoms with Crippen LogP contribution < -0.4 is 5.73 Å². The fourth-order valence-electron chi connectivity index (χ4n) is 0.686. The van der Waals surface area contributed by atoms with E-state index in [1.54, 1.807) is 0 Å². The molecule has 0 aromatic carbocycles. The Bertz CT molecular complexity index is 179. The van der Waals surface area contributed by atoms with Gasteiger partial charge in [0.25, 0.3) is 0 Å². The smallest absolute Gasteiger partial charge is 0.151 e. The molecule has 0 rings (SSSR count). The van der Waals surface area contributed by atoms with Gasteiger partial charge in [-0.2, -0.15) is 0 Å². The van der Waals surface area contributed by atoms with E-state index in [1.807, 2.05) is 0 Å². The molecular formula is C6H14ClNO2S. The Labute approximate surface area is 72.8 Å². The number of alkyl halides is 1. The van der Waals surface area contributed by atoms with Crippen LogP contribution >= 0.6 is 11.6 Å². The molecule has 0 aliphatic carbocycles. The average molecular weight is 200 g/mol. The van der Waals surface area contributed by atoms with Gasteiger partial charge < -0.3 is 5.73 Å². The highest BCUT2D eigenvalue weighted by Crippen LogP contribution is 1.97. The molecule has 0 aliphatic heterocycles. The van der Waals surface area contributed by atoms with Gasteiger partial charge in [-0.15, -0.1) is 11.6 Å². The highest BCUT2D eigenvalue weighted by molar-refractivity contribution is 7.91. The highest BCUT2D eigenvalue weighted by atomic mass is 35.5. The number of halogens is 1. The van der Waals surface area contributed by atoms with Crippen LogP contribution in [0, 0.1) is 0 Å². The second kappa shape index (κ2) is 5.80. The highest BCUT2D eigenvalue weighted by Gasteiger charge is 2.07. The van der Waals surface area contributed by atoms with Crippen LogP contribution in [0.15, 0.2) is 0 Å². The second-order valence-electron chi connectivity index (χ2n) is 2.34. The summed E-state index contributed by atoms with van der Waals surface area (Å²) in [6.45, 7) is 0.552. The fourth-order valence-corrected chi connectivity index (χ4v) is 2.47. The number of hydrogen-bond acceptors (Lipinski definition) is 3. The molecule has 0 atom stereocenters. The molecule has 0 bridgehead atoms. The largest absolute Gasteiger partial charge is 0.330 e. The molecule has 0 radical (unpaired) electrons. The molecule has 68 valence electrons. The first kappa shape index (κ1) is 11.2. The Balaban J connectivity index is 3.56. The Morgan fingerprint density at radius 1 is 1.18 bits per heavy atom. The van der Waals surface area contributed by atoms with Crippen LogP contribution in [-0.2, 0) is 9.84 Å². The topological polar surface area (TPSA) is 60.2 Å². The third-order valence-electron chi connectivity index (χ3n) is 1.30. The SMILES string of the molecule is NCCCCS(=O)(=O)CCCl. The molecule has 0 unspecified atom stereocenters. The summed E-state index contributed by atoms with van der Waals surface area (Å²) in [4.78, 5) is 0. The van der Waals surface area contributed by atoms with Gasteiger partial charge in [-0.25, -0.2) is 8.42 Å². The van der Waals surface area contributed by atoms with Crippen LogP contribution in [0.5, 0.6) is 0 Å². The fraction of sp³-hybridized carbons (Fsp3) is 1.00. The van der Waals surface area contributed by atoms with Gasteiger partial charge in [-0.1, -0.05) is 0 Å². The average Bonchev–Trinajstić information content (AvgIpc) is 1.87. The summed E-state index contributed by atoms with van der Waals surface area (Å²) < 4.78 is 22.0. The first-order chi connectivity index (χ1) is 5.12. The maximum absolute atomic E-state index is 11.0. The number of rotatable bonds is 6. The van der Waals surface area contributed by atoms with Gasteiger partial charge in [0, 0.05) is 5.88 Å². The predicted octanol–water partition coefficient (Wildman–Crippen LogP) is 0.379. The summed E-state index contributed by atoms with van der Waals surface area (Å²) >= 11 is 5.29. The van der Waals surface area contributed by atoms with Crippen molar-refractivity contribution in [3.63, 3.8) is 0 Å². The van der Waals surface area contributed by atoms with Crippen molar-refractivity contribution in [3.05, 3.63) is 0 Å². The lowest BCUT2D eigenvalue weighted by molar-refractivity contribution is 0.593. The van der Waals surface area contributed by atoms with Crippen molar-refractivity contribution in [3.8, 4) is 0 Å². The summed E-state index contributed by atoms with van der Waals surface area (Å²) in [5.41, 5.74) is 5.21. The van der Waals surface area contributed by atoms with Crippen molar-refractivity contribution in [2.45, 2.75) is 12.8 Å². The minimum Gasteiger partial charge on any atom is -0.330 e. The van der Waals surface area contributed by atoms with Gasteiger partial charge in [-0.05, 0) is 19.4 Å². The zero-order valence-corrected chi connectivity index (χ0v) is 8.00. The first-order valence-corrected chi connectivity index (χ1v) is 5.94. The minimum absolute atomic E-state index is 0.0825. The summed E-state index contributed by atoms with van der Waals surface area (Å²) in [6.07, 6.45) is 1.41. The Hall–Kier alpha value is 0.200. The van der Waals surface area contributed by atoms with E-state index in [0.29, 0.717) is 13.0 Å². The molecule has 0 saturated heterocycles. The van der Waals surface area contributed by atoms with Gasteiger partial charge in [-0.3, -0.25) is 0 Å². The van der Waals surface area contributed by atoms with E-state index >= 15 is 0 Å². The van der Waals surface area contributed by atoms with E-state index in [9.17, 15) is 8.42 Å². The lowest BCUT2D eigenvalue weighted by Gasteiger charge is -1.99. The van der Waals surface area contributed by atoms with Crippen molar-refractivity contribution >= 4 is 21.4 Å². The minimum atomic E-state index is -2.89. The molecular weight excluding hydrogens is 186 g/mol. The van der Waals surface area contributed by atoms with Crippen LogP contribution in [0.2, 0.25) is 0 Å². The number of hydrogen-bond donors (Lipinski definition) is 1. The molecule has 0 fully saturated rings. The molecule has 0 aromatic rings. The maximum atomic E-state index is 11.0. The third-order valence-corrected chi connectivity index (χ3v) is 3.45. The summed E-state index contributed by atoms with van der Waals surface area (Å²) in [6, 6.07) is 0. The molecule has 0 heterocycles. The van der Waals surface area contributed by atoms with Crippen molar-refractivity contribution in [2.24, 2.45) is 5.73 Å². The van der Waals surface area contributed by atoms with E-state index in [0.717, 1.165) is 6.42 Å². The first-order valence-electron chi connectivity index (χ1n) is 3.59. The molecule has 11 heavy (non-hydrogen) atoms. The van der Waals surface area contributed by atoms with E-state index < -0.39 is 9.84 Å². The molecule has 0 spiro atoms. The van der Waals surface area contributed by atoms with E-state index in [2.05, 4.69) is 0 Å². The second-order valence-corrected chi connectivity index (χ2v) is 5.02.